The predicted molar refractivity (Wildman–Crippen MR) is 117 cm³/mol. The molecule has 5 heteroatoms. The highest BCUT2D eigenvalue weighted by Gasteiger charge is 2.21. The molecule has 0 unspecified atom stereocenters. The molecule has 3 aromatic heterocycles. The van der Waals surface area contributed by atoms with Crippen LogP contribution in [0.15, 0.2) is 55.0 Å². The van der Waals surface area contributed by atoms with Gasteiger partial charge in [-0.2, -0.15) is 0 Å². The molecule has 4 nitrogen and oxygen atoms in total. The largest absolute Gasteiger partial charge is 0.365 e. The molecule has 0 amide bonds. The van der Waals surface area contributed by atoms with E-state index in [2.05, 4.69) is 60.3 Å². The first-order chi connectivity index (χ1) is 13.4. The van der Waals surface area contributed by atoms with Gasteiger partial charge >= 0.3 is 0 Å². The third-order valence-electron chi connectivity index (χ3n) is 4.17. The van der Waals surface area contributed by atoms with E-state index in [1.54, 1.807) is 23.7 Å². The van der Waals surface area contributed by atoms with Crippen molar-refractivity contribution in [2.24, 2.45) is 0 Å². The highest BCUT2D eigenvalue weighted by atomic mass is 32.1. The van der Waals surface area contributed by atoms with Gasteiger partial charge in [-0.15, -0.1) is 11.3 Å². The molecule has 0 saturated carbocycles. The fraction of sp³-hybridized carbons (Fsp3) is 0.217. The van der Waals surface area contributed by atoms with Crippen molar-refractivity contribution in [1.82, 2.24) is 14.4 Å². The zero-order valence-corrected chi connectivity index (χ0v) is 17.3. The van der Waals surface area contributed by atoms with Gasteiger partial charge in [0.15, 0.2) is 5.65 Å². The number of aryl methyl sites for hydroxylation is 1. The lowest BCUT2D eigenvalue weighted by molar-refractivity contribution is 0.629. The molecule has 1 aromatic carbocycles. The number of rotatable bonds is 2. The Balaban J connectivity index is 1.79. The maximum atomic E-state index is 4.84. The molecular formula is C23H22N4S. The molecule has 0 bridgehead atoms. The van der Waals surface area contributed by atoms with Crippen LogP contribution in [0.25, 0.3) is 16.2 Å². The van der Waals surface area contributed by atoms with Gasteiger partial charge in [0.05, 0.1) is 16.0 Å². The van der Waals surface area contributed by atoms with Gasteiger partial charge in [0, 0.05) is 23.5 Å². The van der Waals surface area contributed by atoms with E-state index < -0.39 is 0 Å². The van der Waals surface area contributed by atoms with E-state index in [1.165, 1.54) is 5.56 Å². The number of nitrogens with zero attached hydrogens (tertiary/aromatic N) is 3. The highest BCUT2D eigenvalue weighted by Crippen LogP contribution is 2.36. The van der Waals surface area contributed by atoms with Crippen LogP contribution in [0, 0.1) is 18.8 Å². The number of anilines is 1. The molecule has 0 aliphatic rings. The van der Waals surface area contributed by atoms with Crippen molar-refractivity contribution in [1.29, 1.82) is 0 Å². The number of imidazole rings is 1. The van der Waals surface area contributed by atoms with E-state index in [4.69, 9.17) is 4.98 Å². The number of benzene rings is 1. The monoisotopic (exact) mass is 386 g/mol. The maximum absolute atomic E-state index is 4.84. The van der Waals surface area contributed by atoms with E-state index >= 15 is 0 Å². The van der Waals surface area contributed by atoms with E-state index in [0.29, 0.717) is 0 Å². The summed E-state index contributed by atoms with van der Waals surface area (Å²) < 4.78 is 2.05. The summed E-state index contributed by atoms with van der Waals surface area (Å²) in [6.45, 7) is 8.54. The third-order valence-corrected chi connectivity index (χ3v) is 5.33. The van der Waals surface area contributed by atoms with Crippen molar-refractivity contribution in [2.75, 3.05) is 5.32 Å². The summed E-state index contributed by atoms with van der Waals surface area (Å²) >= 11 is 1.68. The molecule has 0 spiro atoms. The van der Waals surface area contributed by atoms with Crippen LogP contribution < -0.4 is 5.32 Å². The molecule has 140 valence electrons. The molecule has 28 heavy (non-hydrogen) atoms. The van der Waals surface area contributed by atoms with Gasteiger partial charge in [0.25, 0.3) is 0 Å². The summed E-state index contributed by atoms with van der Waals surface area (Å²) in [5, 5.41) is 3.60. The predicted octanol–water partition coefficient (Wildman–Crippen LogP) is 5.38. The van der Waals surface area contributed by atoms with Gasteiger partial charge in [-0.3, -0.25) is 9.38 Å². The minimum absolute atomic E-state index is 0.0871. The molecular weight excluding hydrogens is 364 g/mol. The average Bonchev–Trinajstić information content (AvgIpc) is 3.20. The molecule has 0 saturated heterocycles. The molecule has 0 fully saturated rings. The Labute approximate surface area is 169 Å². The first-order valence-electron chi connectivity index (χ1n) is 9.19. The van der Waals surface area contributed by atoms with Gasteiger partial charge in [-0.1, -0.05) is 30.0 Å². The Morgan fingerprint density at radius 1 is 1.11 bits per heavy atom. The Morgan fingerprint density at radius 3 is 2.64 bits per heavy atom. The van der Waals surface area contributed by atoms with Crippen LogP contribution in [-0.4, -0.2) is 19.9 Å². The van der Waals surface area contributed by atoms with Gasteiger partial charge in [0.1, 0.15) is 11.5 Å². The van der Waals surface area contributed by atoms with Crippen LogP contribution >= 0.6 is 11.3 Å². The number of hydrogen-bond donors (Lipinski definition) is 1. The fourth-order valence-corrected chi connectivity index (χ4v) is 3.94. The fourth-order valence-electron chi connectivity index (χ4n) is 2.93. The second-order valence-corrected chi connectivity index (χ2v) is 8.78. The number of nitrogens with one attached hydrogen (secondary N) is 1. The zero-order valence-electron chi connectivity index (χ0n) is 16.4. The topological polar surface area (TPSA) is 42.2 Å². The Hall–Kier alpha value is -3.10. The van der Waals surface area contributed by atoms with Crippen LogP contribution in [0.1, 0.15) is 36.8 Å². The van der Waals surface area contributed by atoms with Crippen molar-refractivity contribution in [3.63, 3.8) is 0 Å². The average molecular weight is 387 g/mol. The summed E-state index contributed by atoms with van der Waals surface area (Å²) in [4.78, 5) is 11.2. The summed E-state index contributed by atoms with van der Waals surface area (Å²) in [5.74, 6) is 7.56. The van der Waals surface area contributed by atoms with Crippen molar-refractivity contribution < 1.29 is 0 Å². The molecule has 1 N–H and O–H groups in total. The van der Waals surface area contributed by atoms with E-state index in [0.717, 1.165) is 32.5 Å². The zero-order chi connectivity index (χ0) is 19.7. The van der Waals surface area contributed by atoms with Gasteiger partial charge in [0.2, 0.25) is 0 Å². The number of fused-ring (bicyclic) bond motifs is 1. The van der Waals surface area contributed by atoms with Gasteiger partial charge < -0.3 is 5.32 Å². The van der Waals surface area contributed by atoms with Gasteiger partial charge in [-0.05, 0) is 51.5 Å². The van der Waals surface area contributed by atoms with Gasteiger partial charge in [-0.25, -0.2) is 4.98 Å². The molecule has 3 heterocycles. The third kappa shape index (κ3) is 3.78. The summed E-state index contributed by atoms with van der Waals surface area (Å²) in [7, 11) is 0. The number of thiophene rings is 1. The lowest BCUT2D eigenvalue weighted by Gasteiger charge is -2.22. The molecule has 0 radical (unpaired) electrons. The van der Waals surface area contributed by atoms with E-state index in [1.807, 2.05) is 36.5 Å². The first-order valence-corrected chi connectivity index (χ1v) is 10.0. The summed E-state index contributed by atoms with van der Waals surface area (Å²) in [6.07, 6.45) is 5.51. The highest BCUT2D eigenvalue weighted by molar-refractivity contribution is 7.16. The van der Waals surface area contributed by atoms with Crippen LogP contribution in [0.4, 0.5) is 5.82 Å². The normalized spacial score (nSPS) is 11.3. The van der Waals surface area contributed by atoms with Crippen molar-refractivity contribution in [3.05, 3.63) is 71.0 Å². The minimum Gasteiger partial charge on any atom is -0.365 e. The minimum atomic E-state index is -0.0871. The number of aromatic nitrogens is 3. The number of hydrogen-bond acceptors (Lipinski definition) is 4. The second kappa shape index (κ2) is 7.14. The van der Waals surface area contributed by atoms with Crippen LogP contribution in [0.2, 0.25) is 0 Å². The van der Waals surface area contributed by atoms with E-state index in [-0.39, 0.29) is 5.54 Å². The molecule has 4 rings (SSSR count). The maximum Gasteiger partial charge on any atom is 0.157 e. The standard InChI is InChI=1S/C23H22N4S/c1-16-14-19(28-18(16)11-10-17-8-6-5-7-9-17)21-22(26-23(2,3)4)27-13-12-24-15-20(27)25-21/h5-9,12-15,26H,1-4H3. The molecule has 0 aliphatic carbocycles. The Bertz CT molecular complexity index is 1180. The summed E-state index contributed by atoms with van der Waals surface area (Å²) in [6, 6.07) is 12.2. The smallest absolute Gasteiger partial charge is 0.157 e. The summed E-state index contributed by atoms with van der Waals surface area (Å²) in [5.41, 5.74) is 3.86. The SMILES string of the molecule is Cc1cc(-c2nc3cnccn3c2NC(C)(C)C)sc1C#Cc1ccccc1. The Morgan fingerprint density at radius 2 is 1.89 bits per heavy atom. The lowest BCUT2D eigenvalue weighted by Crippen LogP contribution is -2.27. The van der Waals surface area contributed by atoms with Crippen LogP contribution in [0.3, 0.4) is 0 Å². The lowest BCUT2D eigenvalue weighted by atomic mass is 10.1. The van der Waals surface area contributed by atoms with Crippen molar-refractivity contribution in [3.8, 4) is 22.4 Å². The van der Waals surface area contributed by atoms with Crippen molar-refractivity contribution in [2.45, 2.75) is 33.2 Å². The molecule has 4 aromatic rings. The molecule has 0 aliphatic heterocycles. The van der Waals surface area contributed by atoms with Crippen LogP contribution in [0.5, 0.6) is 0 Å². The second-order valence-electron chi connectivity index (χ2n) is 7.73. The quantitative estimate of drug-likeness (QED) is 0.471. The molecule has 0 atom stereocenters. The van der Waals surface area contributed by atoms with Crippen LogP contribution in [-0.2, 0) is 0 Å². The van der Waals surface area contributed by atoms with E-state index in [9.17, 15) is 0 Å². The Kier molecular flexibility index (Phi) is 4.66. The first kappa shape index (κ1) is 18.3. The van der Waals surface area contributed by atoms with Crippen molar-refractivity contribution >= 4 is 22.8 Å².